The Hall–Kier alpha value is -2.24. The largest absolute Gasteiger partial charge is 0.324 e. The van der Waals surface area contributed by atoms with Crippen LogP contribution in [0.1, 0.15) is 44.1 Å². The average Bonchev–Trinajstić information content (AvgIpc) is 3.86. The molecular formula is C33H36Cl3N3O. The molecule has 3 aromatic rings. The van der Waals surface area contributed by atoms with Gasteiger partial charge in [-0.05, 0) is 97.4 Å². The number of anilines is 1. The summed E-state index contributed by atoms with van der Waals surface area (Å²) >= 11 is 18.6. The molecule has 0 atom stereocenters. The molecule has 2 amide bonds. The fraction of sp³-hybridized carbons (Fsp3) is 0.424. The van der Waals surface area contributed by atoms with Crippen LogP contribution >= 0.6 is 34.8 Å². The summed E-state index contributed by atoms with van der Waals surface area (Å²) < 4.78 is 0. The van der Waals surface area contributed by atoms with Crippen LogP contribution in [-0.4, -0.2) is 48.6 Å². The van der Waals surface area contributed by atoms with Crippen molar-refractivity contribution in [3.8, 4) is 11.1 Å². The number of hydrogen-bond acceptors (Lipinski definition) is 2. The van der Waals surface area contributed by atoms with E-state index in [-0.39, 0.29) is 11.4 Å². The Labute approximate surface area is 252 Å². The maximum Gasteiger partial charge on any atom is 0.321 e. The molecule has 1 heterocycles. The molecular weight excluding hydrogens is 561 g/mol. The monoisotopic (exact) mass is 595 g/mol. The standard InChI is InChI=1S/C33H36Cl3N3O/c34-28-3-1-2-26(16-28)25-8-10-27(11-9-25)33(22-38(20-23-4-5-23)21-24-6-7-24)12-14-39(15-13-33)32(40)37-31-18-29(35)17-30(36)19-31/h1-3,8-11,16-19,23-24H,4-7,12-15,20-22H2,(H,37,40). The van der Waals surface area contributed by atoms with E-state index >= 15 is 0 Å². The predicted octanol–water partition coefficient (Wildman–Crippen LogP) is 9.00. The number of carbonyl (C=O) groups is 1. The van der Waals surface area contributed by atoms with E-state index in [9.17, 15) is 4.79 Å². The first kappa shape index (κ1) is 27.9. The highest BCUT2D eigenvalue weighted by Crippen LogP contribution is 2.41. The van der Waals surface area contributed by atoms with E-state index in [0.29, 0.717) is 28.8 Å². The summed E-state index contributed by atoms with van der Waals surface area (Å²) in [6.07, 6.45) is 7.32. The van der Waals surface area contributed by atoms with E-state index in [0.717, 1.165) is 41.8 Å². The van der Waals surface area contributed by atoms with E-state index in [4.69, 9.17) is 34.8 Å². The van der Waals surface area contributed by atoms with E-state index in [1.807, 2.05) is 23.1 Å². The smallest absolute Gasteiger partial charge is 0.321 e. The normalized spacial score (nSPS) is 18.6. The zero-order valence-electron chi connectivity index (χ0n) is 22.7. The van der Waals surface area contributed by atoms with E-state index < -0.39 is 0 Å². The van der Waals surface area contributed by atoms with Gasteiger partial charge in [0.15, 0.2) is 0 Å². The van der Waals surface area contributed by atoms with Gasteiger partial charge in [-0.3, -0.25) is 0 Å². The molecule has 2 aliphatic carbocycles. The minimum Gasteiger partial charge on any atom is -0.324 e. The first-order valence-electron chi connectivity index (χ1n) is 14.5. The number of urea groups is 1. The summed E-state index contributed by atoms with van der Waals surface area (Å²) in [7, 11) is 0. The number of hydrogen-bond donors (Lipinski definition) is 1. The molecule has 0 aromatic heterocycles. The number of nitrogens with one attached hydrogen (secondary N) is 1. The van der Waals surface area contributed by atoms with Gasteiger partial charge >= 0.3 is 6.03 Å². The van der Waals surface area contributed by atoms with Crippen LogP contribution in [0, 0.1) is 11.8 Å². The summed E-state index contributed by atoms with van der Waals surface area (Å²) in [6, 6.07) is 22.1. The molecule has 0 spiro atoms. The summed E-state index contributed by atoms with van der Waals surface area (Å²) in [5, 5.41) is 4.76. The molecule has 0 radical (unpaired) electrons. The molecule has 3 aromatic carbocycles. The molecule has 0 bridgehead atoms. The van der Waals surface area contributed by atoms with Crippen molar-refractivity contribution in [3.05, 3.63) is 87.4 Å². The zero-order chi connectivity index (χ0) is 27.7. The zero-order valence-corrected chi connectivity index (χ0v) is 25.0. The van der Waals surface area contributed by atoms with Crippen LogP contribution in [0.5, 0.6) is 0 Å². The van der Waals surface area contributed by atoms with Crippen LogP contribution in [0.25, 0.3) is 11.1 Å². The maximum atomic E-state index is 13.2. The Balaban J connectivity index is 1.21. The number of carbonyl (C=O) groups excluding carboxylic acids is 1. The third-order valence-corrected chi connectivity index (χ3v) is 9.40. The second-order valence-electron chi connectivity index (χ2n) is 12.0. The van der Waals surface area contributed by atoms with Gasteiger partial charge in [0.1, 0.15) is 0 Å². The Morgan fingerprint density at radius 1 is 0.800 bits per heavy atom. The summed E-state index contributed by atoms with van der Waals surface area (Å²) in [5.41, 5.74) is 4.30. The lowest BCUT2D eigenvalue weighted by molar-refractivity contribution is 0.123. The number of likely N-dealkylation sites (tertiary alicyclic amines) is 1. The molecule has 0 unspecified atom stereocenters. The second-order valence-corrected chi connectivity index (χ2v) is 13.3. The first-order chi connectivity index (χ1) is 19.3. The maximum absolute atomic E-state index is 13.2. The van der Waals surface area contributed by atoms with Crippen molar-refractivity contribution in [3.63, 3.8) is 0 Å². The number of nitrogens with zero attached hydrogens (tertiary/aromatic N) is 2. The van der Waals surface area contributed by atoms with Gasteiger partial charge in [0.05, 0.1) is 0 Å². The molecule has 4 nitrogen and oxygen atoms in total. The highest BCUT2D eigenvalue weighted by molar-refractivity contribution is 6.35. The number of benzene rings is 3. The van der Waals surface area contributed by atoms with Gasteiger partial charge in [0, 0.05) is 58.9 Å². The molecule has 210 valence electrons. The third-order valence-electron chi connectivity index (χ3n) is 8.73. The van der Waals surface area contributed by atoms with Crippen molar-refractivity contribution >= 4 is 46.5 Å². The third kappa shape index (κ3) is 6.97. The SMILES string of the molecule is O=C(Nc1cc(Cl)cc(Cl)c1)N1CCC(CN(CC2CC2)CC2CC2)(c2ccc(-c3cccc(Cl)c3)cc2)CC1. The molecule has 40 heavy (non-hydrogen) atoms. The fourth-order valence-corrected chi connectivity index (χ4v) is 6.87. The van der Waals surface area contributed by atoms with Crippen molar-refractivity contribution < 1.29 is 4.79 Å². The highest BCUT2D eigenvalue weighted by Gasteiger charge is 2.41. The Bertz CT molecular complexity index is 1310. The lowest BCUT2D eigenvalue weighted by Crippen LogP contribution is -2.51. The van der Waals surface area contributed by atoms with Crippen molar-refractivity contribution in [2.45, 2.75) is 43.9 Å². The van der Waals surface area contributed by atoms with Crippen molar-refractivity contribution in [2.24, 2.45) is 11.8 Å². The molecule has 7 heteroatoms. The topological polar surface area (TPSA) is 35.6 Å². The molecule has 1 aliphatic heterocycles. The number of amides is 2. The van der Waals surface area contributed by atoms with Gasteiger partial charge < -0.3 is 15.1 Å². The molecule has 1 saturated heterocycles. The van der Waals surface area contributed by atoms with Crippen LogP contribution in [-0.2, 0) is 5.41 Å². The predicted molar refractivity (Wildman–Crippen MR) is 167 cm³/mol. The fourth-order valence-electron chi connectivity index (χ4n) is 6.15. The molecule has 2 saturated carbocycles. The molecule has 3 fully saturated rings. The van der Waals surface area contributed by atoms with Gasteiger partial charge in [0.25, 0.3) is 0 Å². The quantitative estimate of drug-likeness (QED) is 0.268. The summed E-state index contributed by atoms with van der Waals surface area (Å²) in [6.45, 7) is 4.88. The lowest BCUT2D eigenvalue weighted by atomic mass is 9.72. The van der Waals surface area contributed by atoms with Gasteiger partial charge in [-0.25, -0.2) is 4.79 Å². The van der Waals surface area contributed by atoms with Crippen LogP contribution in [0.4, 0.5) is 10.5 Å². The minimum absolute atomic E-state index is 0.00673. The van der Waals surface area contributed by atoms with Crippen molar-refractivity contribution in [1.29, 1.82) is 0 Å². The highest BCUT2D eigenvalue weighted by atomic mass is 35.5. The van der Waals surface area contributed by atoms with Gasteiger partial charge in [-0.15, -0.1) is 0 Å². The lowest BCUT2D eigenvalue weighted by Gasteiger charge is -2.45. The van der Waals surface area contributed by atoms with E-state index in [1.54, 1.807) is 18.2 Å². The minimum atomic E-state index is -0.101. The Morgan fingerprint density at radius 3 is 2.00 bits per heavy atom. The number of halogens is 3. The van der Waals surface area contributed by atoms with Crippen LogP contribution in [0.3, 0.4) is 0 Å². The first-order valence-corrected chi connectivity index (χ1v) is 15.6. The second kappa shape index (κ2) is 11.9. The Kier molecular flexibility index (Phi) is 8.33. The Morgan fingerprint density at radius 2 is 1.43 bits per heavy atom. The van der Waals surface area contributed by atoms with Gasteiger partial charge in [-0.1, -0.05) is 71.2 Å². The molecule has 6 rings (SSSR count). The van der Waals surface area contributed by atoms with Crippen LogP contribution < -0.4 is 5.32 Å². The van der Waals surface area contributed by atoms with Crippen LogP contribution in [0.15, 0.2) is 66.7 Å². The number of rotatable bonds is 9. The van der Waals surface area contributed by atoms with Crippen molar-refractivity contribution in [1.82, 2.24) is 9.80 Å². The van der Waals surface area contributed by atoms with Gasteiger partial charge in [-0.2, -0.15) is 0 Å². The van der Waals surface area contributed by atoms with Gasteiger partial charge in [0.2, 0.25) is 0 Å². The molecule has 3 aliphatic rings. The summed E-state index contributed by atoms with van der Waals surface area (Å²) in [5.74, 6) is 1.72. The van der Waals surface area contributed by atoms with Crippen LogP contribution in [0.2, 0.25) is 15.1 Å². The molecule has 1 N–H and O–H groups in total. The van der Waals surface area contributed by atoms with Crippen molar-refractivity contribution in [2.75, 3.05) is 38.0 Å². The summed E-state index contributed by atoms with van der Waals surface area (Å²) in [4.78, 5) is 17.9. The average molecular weight is 597 g/mol. The van der Waals surface area contributed by atoms with E-state index in [1.165, 1.54) is 49.9 Å². The number of piperidine rings is 1. The van der Waals surface area contributed by atoms with E-state index in [2.05, 4.69) is 40.5 Å².